The van der Waals surface area contributed by atoms with Crippen molar-refractivity contribution in [2.75, 3.05) is 18.0 Å². The topological polar surface area (TPSA) is 141 Å². The van der Waals surface area contributed by atoms with E-state index in [0.717, 1.165) is 0 Å². The van der Waals surface area contributed by atoms with Crippen LogP contribution < -0.4 is 16.2 Å². The van der Waals surface area contributed by atoms with Crippen LogP contribution in [0.25, 0.3) is 0 Å². The van der Waals surface area contributed by atoms with Crippen LogP contribution in [0.1, 0.15) is 42.5 Å². The van der Waals surface area contributed by atoms with E-state index in [1.54, 1.807) is 0 Å². The van der Waals surface area contributed by atoms with Gasteiger partial charge in [-0.2, -0.15) is 0 Å². The van der Waals surface area contributed by atoms with Crippen LogP contribution in [0, 0.1) is 0 Å². The van der Waals surface area contributed by atoms with Gasteiger partial charge in [-0.05, 0) is 6.42 Å². The molecule has 0 aliphatic heterocycles. The van der Waals surface area contributed by atoms with E-state index in [1.165, 1.54) is 6.20 Å². The number of hydrogen-bond donors (Lipinski definition) is 3. The van der Waals surface area contributed by atoms with E-state index in [-0.39, 0.29) is 36.0 Å². The number of rotatable bonds is 6. The summed E-state index contributed by atoms with van der Waals surface area (Å²) < 4.78 is 21.5. The minimum atomic E-state index is -3.51. The van der Waals surface area contributed by atoms with Crippen molar-refractivity contribution < 1.29 is 13.2 Å². The maximum atomic E-state index is 11.9. The van der Waals surface area contributed by atoms with Gasteiger partial charge in [-0.15, -0.1) is 0 Å². The molecule has 0 unspecified atom stereocenters. The molecule has 0 fully saturated rings. The highest BCUT2D eigenvalue weighted by Crippen LogP contribution is 2.13. The Kier molecular flexibility index (Phi) is 5.40. The van der Waals surface area contributed by atoms with Crippen molar-refractivity contribution in [2.24, 2.45) is 5.14 Å². The number of sulfonamides is 1. The molecule has 1 rings (SSSR count). The summed E-state index contributed by atoms with van der Waals surface area (Å²) in [6, 6.07) is 0. The highest BCUT2D eigenvalue weighted by molar-refractivity contribution is 7.89. The van der Waals surface area contributed by atoms with E-state index >= 15 is 0 Å². The maximum absolute atomic E-state index is 11.9. The molecule has 1 aromatic rings. The van der Waals surface area contributed by atoms with Crippen molar-refractivity contribution in [2.45, 2.75) is 26.2 Å². The number of anilines is 1. The summed E-state index contributed by atoms with van der Waals surface area (Å²) in [6.45, 7) is 3.98. The Labute approximate surface area is 118 Å². The number of carbonyl (C=O) groups is 1. The van der Waals surface area contributed by atoms with Crippen molar-refractivity contribution >= 4 is 21.6 Å². The molecule has 1 amide bonds. The molecule has 8 nitrogen and oxygen atoms in total. The Morgan fingerprint density at radius 2 is 2.10 bits per heavy atom. The predicted molar refractivity (Wildman–Crippen MR) is 75.5 cm³/mol. The number of primary sulfonamides is 1. The molecule has 1 heterocycles. The zero-order valence-corrected chi connectivity index (χ0v) is 12.3. The van der Waals surface area contributed by atoms with Crippen molar-refractivity contribution in [3.8, 4) is 0 Å². The Balaban J connectivity index is 2.65. The number of nitrogens with one attached hydrogen (secondary N) is 1. The van der Waals surface area contributed by atoms with Crippen molar-refractivity contribution in [1.82, 2.24) is 15.3 Å². The first-order valence-electron chi connectivity index (χ1n) is 6.12. The van der Waals surface area contributed by atoms with Gasteiger partial charge in [-0.25, -0.2) is 23.5 Å². The number of amides is 1. The summed E-state index contributed by atoms with van der Waals surface area (Å²) >= 11 is 0. The first-order chi connectivity index (χ1) is 9.20. The third kappa shape index (κ3) is 5.10. The van der Waals surface area contributed by atoms with E-state index in [0.29, 0.717) is 5.82 Å². The molecular weight excluding hydrogens is 282 g/mol. The molecule has 1 aromatic heterocycles. The minimum absolute atomic E-state index is 0.0736. The fourth-order valence-corrected chi connectivity index (χ4v) is 1.97. The Hall–Kier alpha value is -1.74. The van der Waals surface area contributed by atoms with E-state index in [4.69, 9.17) is 10.9 Å². The maximum Gasteiger partial charge on any atom is 0.272 e. The van der Waals surface area contributed by atoms with Gasteiger partial charge in [-0.3, -0.25) is 4.79 Å². The summed E-state index contributed by atoms with van der Waals surface area (Å²) in [6.07, 6.45) is 1.62. The van der Waals surface area contributed by atoms with Crippen LogP contribution in [0.2, 0.25) is 0 Å². The number of hydrogen-bond acceptors (Lipinski definition) is 6. The standard InChI is InChI=1S/C11H19N5O3S/c1-7(2)10-15-6-8(12)9(16-10)11(17)14-4-3-5-20(13,18)19/h6-7H,3-5,12H2,1-2H3,(H,14,17)(H2,13,18,19). The molecule has 0 atom stereocenters. The van der Waals surface area contributed by atoms with Gasteiger partial charge in [0.05, 0.1) is 17.6 Å². The van der Waals surface area contributed by atoms with Crippen LogP contribution in [0.5, 0.6) is 0 Å². The summed E-state index contributed by atoms with van der Waals surface area (Å²) in [5, 5.41) is 7.41. The van der Waals surface area contributed by atoms with Crippen molar-refractivity contribution in [1.29, 1.82) is 0 Å². The summed E-state index contributed by atoms with van der Waals surface area (Å²) in [7, 11) is -3.51. The Morgan fingerprint density at radius 3 is 2.65 bits per heavy atom. The lowest BCUT2D eigenvalue weighted by Crippen LogP contribution is -2.29. The molecule has 0 saturated carbocycles. The molecular formula is C11H19N5O3S. The highest BCUT2D eigenvalue weighted by Gasteiger charge is 2.14. The predicted octanol–water partition coefficient (Wildman–Crippen LogP) is -0.409. The van der Waals surface area contributed by atoms with Gasteiger partial charge in [0.15, 0.2) is 5.69 Å². The number of nitrogens with zero attached hydrogens (tertiary/aromatic N) is 2. The number of aromatic nitrogens is 2. The first-order valence-corrected chi connectivity index (χ1v) is 7.83. The van der Waals surface area contributed by atoms with Crippen molar-refractivity contribution in [3.05, 3.63) is 17.7 Å². The second kappa shape index (κ2) is 6.62. The summed E-state index contributed by atoms with van der Waals surface area (Å²) in [4.78, 5) is 20.0. The monoisotopic (exact) mass is 301 g/mol. The Morgan fingerprint density at radius 1 is 1.45 bits per heavy atom. The fourth-order valence-electron chi connectivity index (χ4n) is 1.42. The van der Waals surface area contributed by atoms with E-state index in [1.807, 2.05) is 13.8 Å². The molecule has 112 valence electrons. The average Bonchev–Trinajstić information content (AvgIpc) is 2.33. The third-order valence-corrected chi connectivity index (χ3v) is 3.32. The van der Waals surface area contributed by atoms with E-state index in [2.05, 4.69) is 15.3 Å². The Bertz CT molecular complexity index is 586. The van der Waals surface area contributed by atoms with Crippen LogP contribution in [0.15, 0.2) is 6.20 Å². The normalized spacial score (nSPS) is 11.6. The lowest BCUT2D eigenvalue weighted by molar-refractivity contribution is 0.0949. The largest absolute Gasteiger partial charge is 0.396 e. The average molecular weight is 301 g/mol. The van der Waals surface area contributed by atoms with E-state index < -0.39 is 15.9 Å². The van der Waals surface area contributed by atoms with Gasteiger partial charge in [-0.1, -0.05) is 13.8 Å². The van der Waals surface area contributed by atoms with Gasteiger partial charge in [0.25, 0.3) is 5.91 Å². The lowest BCUT2D eigenvalue weighted by atomic mass is 10.2. The summed E-state index contributed by atoms with van der Waals surface area (Å²) in [5.41, 5.74) is 5.94. The zero-order chi connectivity index (χ0) is 15.3. The van der Waals surface area contributed by atoms with Crippen LogP contribution in [-0.4, -0.2) is 36.6 Å². The third-order valence-electron chi connectivity index (χ3n) is 2.46. The first kappa shape index (κ1) is 16.3. The molecule has 20 heavy (non-hydrogen) atoms. The van der Waals surface area contributed by atoms with Crippen LogP contribution >= 0.6 is 0 Å². The fraction of sp³-hybridized carbons (Fsp3) is 0.545. The molecule has 9 heteroatoms. The number of nitrogen functional groups attached to an aromatic ring is 1. The van der Waals surface area contributed by atoms with Gasteiger partial charge in [0, 0.05) is 12.5 Å². The zero-order valence-electron chi connectivity index (χ0n) is 11.5. The minimum Gasteiger partial charge on any atom is -0.396 e. The molecule has 0 aromatic carbocycles. The molecule has 0 bridgehead atoms. The second-order valence-corrected chi connectivity index (χ2v) is 6.40. The van der Waals surface area contributed by atoms with E-state index in [9.17, 15) is 13.2 Å². The summed E-state index contributed by atoms with van der Waals surface area (Å²) in [5.74, 6) is -0.0521. The van der Waals surface area contributed by atoms with Gasteiger partial charge < -0.3 is 11.1 Å². The molecule has 0 saturated heterocycles. The number of nitrogens with two attached hydrogens (primary N) is 2. The molecule has 0 aliphatic carbocycles. The molecule has 0 spiro atoms. The lowest BCUT2D eigenvalue weighted by Gasteiger charge is -2.09. The number of carbonyl (C=O) groups excluding carboxylic acids is 1. The van der Waals surface area contributed by atoms with Crippen molar-refractivity contribution in [3.63, 3.8) is 0 Å². The SMILES string of the molecule is CC(C)c1ncc(N)c(C(=O)NCCCS(N)(=O)=O)n1. The second-order valence-electron chi connectivity index (χ2n) is 4.66. The quantitative estimate of drug-likeness (QED) is 0.610. The van der Waals surface area contributed by atoms with Gasteiger partial charge in [0.1, 0.15) is 5.82 Å². The smallest absolute Gasteiger partial charge is 0.272 e. The van der Waals surface area contributed by atoms with Crippen LogP contribution in [0.4, 0.5) is 5.69 Å². The molecule has 0 radical (unpaired) electrons. The molecule has 0 aliphatic rings. The molecule has 5 N–H and O–H groups in total. The van der Waals surface area contributed by atoms with Gasteiger partial charge >= 0.3 is 0 Å². The highest BCUT2D eigenvalue weighted by atomic mass is 32.2. The van der Waals surface area contributed by atoms with Crippen LogP contribution in [-0.2, 0) is 10.0 Å². The van der Waals surface area contributed by atoms with Gasteiger partial charge in [0.2, 0.25) is 10.0 Å². The van der Waals surface area contributed by atoms with Crippen LogP contribution in [0.3, 0.4) is 0 Å².